The van der Waals surface area contributed by atoms with E-state index in [-0.39, 0.29) is 0 Å². The maximum Gasteiger partial charge on any atom is 0.157 e. The van der Waals surface area contributed by atoms with Crippen molar-refractivity contribution in [3.8, 4) is 0 Å². The van der Waals surface area contributed by atoms with E-state index in [1.165, 1.54) is 0 Å². The van der Waals surface area contributed by atoms with Crippen molar-refractivity contribution in [2.45, 2.75) is 13.5 Å². The average molecular weight is 242 g/mol. The summed E-state index contributed by atoms with van der Waals surface area (Å²) < 4.78 is 7.06. The number of rotatable bonds is 3. The summed E-state index contributed by atoms with van der Waals surface area (Å²) in [6.07, 6.45) is 3.48. The zero-order valence-electron chi connectivity index (χ0n) is 10.3. The van der Waals surface area contributed by atoms with Crippen molar-refractivity contribution in [2.75, 3.05) is 5.32 Å². The van der Waals surface area contributed by atoms with Crippen LogP contribution in [-0.2, 0) is 13.6 Å². The molecule has 0 atom stereocenters. The molecule has 3 aromatic rings. The van der Waals surface area contributed by atoms with Gasteiger partial charge in [0.1, 0.15) is 5.76 Å². The van der Waals surface area contributed by atoms with Crippen molar-refractivity contribution in [1.82, 2.24) is 14.8 Å². The lowest BCUT2D eigenvalue weighted by Gasteiger charge is -2.04. The van der Waals surface area contributed by atoms with Crippen LogP contribution < -0.4 is 5.32 Å². The number of aryl methyl sites for hydroxylation is 2. The van der Waals surface area contributed by atoms with Crippen molar-refractivity contribution in [1.29, 1.82) is 0 Å². The average Bonchev–Trinajstić information content (AvgIpc) is 2.97. The first-order chi connectivity index (χ1) is 8.74. The van der Waals surface area contributed by atoms with E-state index >= 15 is 0 Å². The lowest BCUT2D eigenvalue weighted by Crippen LogP contribution is -1.99. The second-order valence-electron chi connectivity index (χ2n) is 4.24. The number of hydrogen-bond donors (Lipinski definition) is 1. The summed E-state index contributed by atoms with van der Waals surface area (Å²) in [7, 11) is 1.90. The van der Waals surface area contributed by atoms with Crippen LogP contribution in [0.25, 0.3) is 11.0 Å². The minimum Gasteiger partial charge on any atom is -0.467 e. The Bertz CT molecular complexity index is 670. The first kappa shape index (κ1) is 10.8. The van der Waals surface area contributed by atoms with Crippen LogP contribution in [0.5, 0.6) is 0 Å². The van der Waals surface area contributed by atoms with Crippen molar-refractivity contribution in [3.63, 3.8) is 0 Å². The van der Waals surface area contributed by atoms with Gasteiger partial charge in [0.25, 0.3) is 0 Å². The summed E-state index contributed by atoms with van der Waals surface area (Å²) in [6.45, 7) is 2.64. The molecule has 0 saturated carbocycles. The van der Waals surface area contributed by atoms with Gasteiger partial charge in [0.15, 0.2) is 5.65 Å². The van der Waals surface area contributed by atoms with Gasteiger partial charge < -0.3 is 9.73 Å². The molecular weight excluding hydrogens is 228 g/mol. The van der Waals surface area contributed by atoms with Gasteiger partial charge in [0.05, 0.1) is 30.4 Å². The molecule has 0 aliphatic heterocycles. The number of aromatic nitrogens is 3. The van der Waals surface area contributed by atoms with Crippen LogP contribution >= 0.6 is 0 Å². The molecule has 1 N–H and O–H groups in total. The van der Waals surface area contributed by atoms with Gasteiger partial charge in [-0.05, 0) is 25.1 Å². The van der Waals surface area contributed by atoms with Crippen LogP contribution in [-0.4, -0.2) is 14.8 Å². The first-order valence-corrected chi connectivity index (χ1v) is 5.79. The number of pyridine rings is 1. The zero-order valence-corrected chi connectivity index (χ0v) is 10.3. The molecule has 0 bridgehead atoms. The highest BCUT2D eigenvalue weighted by molar-refractivity contribution is 5.81. The Morgan fingerprint density at radius 2 is 2.33 bits per heavy atom. The van der Waals surface area contributed by atoms with Crippen molar-refractivity contribution in [3.05, 3.63) is 42.1 Å². The molecule has 0 aliphatic rings. The predicted molar refractivity (Wildman–Crippen MR) is 69.3 cm³/mol. The first-order valence-electron chi connectivity index (χ1n) is 5.79. The molecule has 5 heteroatoms. The Labute approximate surface area is 104 Å². The molecule has 3 aromatic heterocycles. The van der Waals surface area contributed by atoms with Gasteiger partial charge in [-0.3, -0.25) is 4.68 Å². The minimum absolute atomic E-state index is 0.652. The molecule has 3 heterocycles. The fraction of sp³-hybridized carbons (Fsp3) is 0.231. The quantitative estimate of drug-likeness (QED) is 0.766. The standard InChI is InChI=1S/C13H14N4O/c1-9-12-6-10(7-15-13(12)17(2)16-9)14-8-11-4-3-5-18-11/h3-7,14H,8H2,1-2H3. The molecule has 0 unspecified atom stereocenters. The van der Waals surface area contributed by atoms with Crippen molar-refractivity contribution < 1.29 is 4.42 Å². The Morgan fingerprint density at radius 3 is 3.11 bits per heavy atom. The van der Waals surface area contributed by atoms with E-state index in [0.717, 1.165) is 28.2 Å². The molecule has 0 aliphatic carbocycles. The molecule has 0 amide bonds. The fourth-order valence-corrected chi connectivity index (χ4v) is 2.01. The molecule has 3 rings (SSSR count). The third-order valence-electron chi connectivity index (χ3n) is 2.91. The smallest absolute Gasteiger partial charge is 0.157 e. The number of fused-ring (bicyclic) bond motifs is 1. The number of hydrogen-bond acceptors (Lipinski definition) is 4. The number of anilines is 1. The maximum absolute atomic E-state index is 5.27. The fourth-order valence-electron chi connectivity index (χ4n) is 2.01. The highest BCUT2D eigenvalue weighted by Crippen LogP contribution is 2.19. The molecule has 5 nitrogen and oxygen atoms in total. The summed E-state index contributed by atoms with van der Waals surface area (Å²) in [6, 6.07) is 5.88. The van der Waals surface area contributed by atoms with Gasteiger partial charge in [0.2, 0.25) is 0 Å². The second kappa shape index (κ2) is 4.18. The molecule has 92 valence electrons. The summed E-state index contributed by atoms with van der Waals surface area (Å²) in [5, 5.41) is 8.70. The van der Waals surface area contributed by atoms with Crippen LogP contribution in [0.1, 0.15) is 11.5 Å². The normalized spacial score (nSPS) is 11.0. The van der Waals surface area contributed by atoms with E-state index in [1.807, 2.05) is 32.3 Å². The Hall–Kier alpha value is -2.30. The molecule has 0 spiro atoms. The van der Waals surface area contributed by atoms with E-state index in [0.29, 0.717) is 6.54 Å². The summed E-state index contributed by atoms with van der Waals surface area (Å²) >= 11 is 0. The molecule has 0 radical (unpaired) electrons. The number of furan rings is 1. The van der Waals surface area contributed by atoms with Crippen LogP contribution in [0.3, 0.4) is 0 Å². The monoisotopic (exact) mass is 242 g/mol. The molecular formula is C13H14N4O. The minimum atomic E-state index is 0.652. The highest BCUT2D eigenvalue weighted by Gasteiger charge is 2.06. The molecule has 0 fully saturated rings. The summed E-state index contributed by atoms with van der Waals surface area (Å²) in [4.78, 5) is 4.41. The topological polar surface area (TPSA) is 55.9 Å². The van der Waals surface area contributed by atoms with E-state index in [9.17, 15) is 0 Å². The third kappa shape index (κ3) is 1.84. The Kier molecular flexibility index (Phi) is 2.51. The summed E-state index contributed by atoms with van der Waals surface area (Å²) in [5.41, 5.74) is 2.85. The Balaban J connectivity index is 1.87. The van der Waals surface area contributed by atoms with Gasteiger partial charge >= 0.3 is 0 Å². The van der Waals surface area contributed by atoms with E-state index in [4.69, 9.17) is 4.42 Å². The largest absolute Gasteiger partial charge is 0.467 e. The third-order valence-corrected chi connectivity index (χ3v) is 2.91. The van der Waals surface area contributed by atoms with E-state index in [2.05, 4.69) is 21.5 Å². The van der Waals surface area contributed by atoms with Gasteiger partial charge in [-0.25, -0.2) is 4.98 Å². The molecule has 18 heavy (non-hydrogen) atoms. The van der Waals surface area contributed by atoms with Gasteiger partial charge in [-0.15, -0.1) is 0 Å². The van der Waals surface area contributed by atoms with Crippen LogP contribution in [0.4, 0.5) is 5.69 Å². The Morgan fingerprint density at radius 1 is 1.44 bits per heavy atom. The lowest BCUT2D eigenvalue weighted by atomic mass is 10.2. The van der Waals surface area contributed by atoms with Gasteiger partial charge in [-0.2, -0.15) is 5.10 Å². The van der Waals surface area contributed by atoms with E-state index in [1.54, 1.807) is 10.9 Å². The maximum atomic E-state index is 5.27. The van der Waals surface area contributed by atoms with Crippen molar-refractivity contribution >= 4 is 16.7 Å². The van der Waals surface area contributed by atoms with Crippen molar-refractivity contribution in [2.24, 2.45) is 7.05 Å². The predicted octanol–water partition coefficient (Wildman–Crippen LogP) is 2.48. The number of nitrogens with one attached hydrogen (secondary N) is 1. The second-order valence-corrected chi connectivity index (χ2v) is 4.24. The lowest BCUT2D eigenvalue weighted by molar-refractivity contribution is 0.518. The van der Waals surface area contributed by atoms with E-state index < -0.39 is 0 Å². The SMILES string of the molecule is Cc1nn(C)c2ncc(NCc3ccco3)cc12. The van der Waals surface area contributed by atoms with Gasteiger partial charge in [-0.1, -0.05) is 0 Å². The number of nitrogens with zero attached hydrogens (tertiary/aromatic N) is 3. The van der Waals surface area contributed by atoms with Crippen LogP contribution in [0.15, 0.2) is 35.1 Å². The highest BCUT2D eigenvalue weighted by atomic mass is 16.3. The van der Waals surface area contributed by atoms with Gasteiger partial charge in [0, 0.05) is 12.4 Å². The summed E-state index contributed by atoms with van der Waals surface area (Å²) in [5.74, 6) is 0.901. The molecule has 0 saturated heterocycles. The van der Waals surface area contributed by atoms with Crippen LogP contribution in [0.2, 0.25) is 0 Å². The zero-order chi connectivity index (χ0) is 12.5. The van der Waals surface area contributed by atoms with Crippen LogP contribution in [0, 0.1) is 6.92 Å². The molecule has 0 aromatic carbocycles.